The summed E-state index contributed by atoms with van der Waals surface area (Å²) in [6.45, 7) is 4.21. The van der Waals surface area contributed by atoms with Gasteiger partial charge in [0.05, 0.1) is 0 Å². The fourth-order valence-corrected chi connectivity index (χ4v) is 2.66. The van der Waals surface area contributed by atoms with Gasteiger partial charge in [-0.3, -0.25) is 0 Å². The van der Waals surface area contributed by atoms with Crippen LogP contribution >= 0.6 is 11.8 Å². The number of carboxylic acid groups (broad SMARTS) is 1. The zero-order chi connectivity index (χ0) is 12.9. The van der Waals surface area contributed by atoms with E-state index in [1.54, 1.807) is 23.9 Å². The summed E-state index contributed by atoms with van der Waals surface area (Å²) in [6.07, 6.45) is 0. The molecule has 0 amide bonds. The molecule has 0 fully saturated rings. The molecule has 3 nitrogen and oxygen atoms in total. The zero-order valence-electron chi connectivity index (χ0n) is 10.2. The van der Waals surface area contributed by atoms with Crippen LogP contribution in [0, 0.1) is 5.92 Å². The molecule has 0 saturated heterocycles. The molecule has 0 bridgehead atoms. The summed E-state index contributed by atoms with van der Waals surface area (Å²) in [7, 11) is 0. The van der Waals surface area contributed by atoms with Crippen molar-refractivity contribution in [2.45, 2.75) is 19.4 Å². The lowest BCUT2D eigenvalue weighted by Gasteiger charge is -2.25. The summed E-state index contributed by atoms with van der Waals surface area (Å²) >= 11 is 1.59. The fourth-order valence-electron chi connectivity index (χ4n) is 1.46. The highest BCUT2D eigenvalue weighted by Crippen LogP contribution is 2.24. The van der Waals surface area contributed by atoms with E-state index < -0.39 is 11.5 Å². The van der Waals surface area contributed by atoms with E-state index in [1.807, 2.05) is 18.2 Å². The molecule has 0 aliphatic rings. The van der Waals surface area contributed by atoms with E-state index in [4.69, 9.17) is 5.73 Å². The largest absolute Gasteiger partial charge is 0.480 e. The van der Waals surface area contributed by atoms with Gasteiger partial charge in [0.1, 0.15) is 5.54 Å². The average Bonchev–Trinajstić information content (AvgIpc) is 2.29. The molecule has 1 rings (SSSR count). The quantitative estimate of drug-likeness (QED) is 0.816. The molecule has 3 N–H and O–H groups in total. The van der Waals surface area contributed by atoms with Gasteiger partial charge in [-0.15, -0.1) is 0 Å². The number of aliphatic carboxylic acids is 1. The number of carboxylic acids is 1. The lowest BCUT2D eigenvalue weighted by molar-refractivity contribution is -0.142. The molecule has 0 heterocycles. The number of hydrogen-bond donors (Lipinski definition) is 2. The van der Waals surface area contributed by atoms with Crippen LogP contribution in [0.4, 0.5) is 0 Å². The van der Waals surface area contributed by atoms with Gasteiger partial charge >= 0.3 is 5.97 Å². The number of carbonyl (C=O) groups is 1. The Kier molecular flexibility index (Phi) is 5.02. The summed E-state index contributed by atoms with van der Waals surface area (Å²) in [5.41, 5.74) is 5.39. The Bertz CT molecular complexity index is 367. The van der Waals surface area contributed by atoms with E-state index in [2.05, 4.69) is 13.8 Å². The van der Waals surface area contributed by atoms with Crippen LogP contribution in [0.1, 0.15) is 19.4 Å². The molecule has 1 unspecified atom stereocenters. The van der Waals surface area contributed by atoms with Crippen molar-refractivity contribution in [3.8, 4) is 0 Å². The third kappa shape index (κ3) is 3.75. The van der Waals surface area contributed by atoms with Gasteiger partial charge in [0.2, 0.25) is 0 Å². The maximum atomic E-state index is 11.4. The number of benzene rings is 1. The molecular formula is C13H19NO2S. The summed E-state index contributed by atoms with van der Waals surface area (Å²) in [5, 5.41) is 9.31. The van der Waals surface area contributed by atoms with Crippen LogP contribution in [0.3, 0.4) is 0 Å². The predicted molar refractivity (Wildman–Crippen MR) is 72.1 cm³/mol. The Morgan fingerprint density at radius 2 is 2.00 bits per heavy atom. The van der Waals surface area contributed by atoms with Gasteiger partial charge in [-0.25, -0.2) is 4.79 Å². The van der Waals surface area contributed by atoms with Crippen LogP contribution in [0.5, 0.6) is 0 Å². The monoisotopic (exact) mass is 253 g/mol. The van der Waals surface area contributed by atoms with Gasteiger partial charge in [-0.05, 0) is 17.2 Å². The second-order valence-electron chi connectivity index (χ2n) is 4.55. The van der Waals surface area contributed by atoms with Crippen molar-refractivity contribution < 1.29 is 9.90 Å². The average molecular weight is 253 g/mol. The Morgan fingerprint density at radius 1 is 1.41 bits per heavy atom. The van der Waals surface area contributed by atoms with Crippen LogP contribution in [0.2, 0.25) is 0 Å². The van der Waals surface area contributed by atoms with Crippen LogP contribution in [0.15, 0.2) is 30.3 Å². The lowest BCUT2D eigenvalue weighted by atomic mass is 9.93. The van der Waals surface area contributed by atoms with Gasteiger partial charge in [0.25, 0.3) is 0 Å². The Morgan fingerprint density at radius 3 is 2.47 bits per heavy atom. The van der Waals surface area contributed by atoms with Crippen molar-refractivity contribution in [2.75, 3.05) is 11.5 Å². The molecule has 0 radical (unpaired) electrons. The first kappa shape index (κ1) is 14.1. The van der Waals surface area contributed by atoms with Crippen LogP contribution in [0.25, 0.3) is 0 Å². The first-order valence-electron chi connectivity index (χ1n) is 5.62. The third-order valence-corrected chi connectivity index (χ3v) is 4.01. The van der Waals surface area contributed by atoms with E-state index >= 15 is 0 Å². The highest BCUT2D eigenvalue weighted by atomic mass is 32.2. The maximum Gasteiger partial charge on any atom is 0.329 e. The molecule has 0 saturated carbocycles. The van der Waals surface area contributed by atoms with Crippen molar-refractivity contribution in [3.05, 3.63) is 35.9 Å². The smallest absolute Gasteiger partial charge is 0.329 e. The van der Waals surface area contributed by atoms with E-state index in [0.29, 0.717) is 17.2 Å². The zero-order valence-corrected chi connectivity index (χ0v) is 11.0. The minimum absolute atomic E-state index is 0.393. The highest BCUT2D eigenvalue weighted by Gasteiger charge is 2.35. The van der Waals surface area contributed by atoms with Crippen LogP contribution in [-0.4, -0.2) is 22.6 Å². The molecule has 0 aliphatic heterocycles. The Hall–Kier alpha value is -1.00. The van der Waals surface area contributed by atoms with Crippen molar-refractivity contribution in [1.29, 1.82) is 0 Å². The molecule has 0 aliphatic carbocycles. The highest BCUT2D eigenvalue weighted by molar-refractivity contribution is 7.99. The molecule has 4 heteroatoms. The van der Waals surface area contributed by atoms with Gasteiger partial charge in [0.15, 0.2) is 0 Å². The summed E-state index contributed by atoms with van der Waals surface area (Å²) in [6, 6.07) is 9.02. The van der Waals surface area contributed by atoms with Crippen molar-refractivity contribution >= 4 is 17.7 Å². The number of thioether (sulfide) groups is 1. The van der Waals surface area contributed by atoms with E-state index in [-0.39, 0.29) is 0 Å². The fraction of sp³-hybridized carbons (Fsp3) is 0.462. The second kappa shape index (κ2) is 6.07. The Balaban J connectivity index is 2.80. The van der Waals surface area contributed by atoms with Gasteiger partial charge < -0.3 is 10.8 Å². The van der Waals surface area contributed by atoms with E-state index in [0.717, 1.165) is 5.75 Å². The molecule has 17 heavy (non-hydrogen) atoms. The van der Waals surface area contributed by atoms with Gasteiger partial charge in [0, 0.05) is 5.75 Å². The molecule has 1 aromatic carbocycles. The standard InChI is InChI=1S/C13H19NO2S/c1-10(2)8-17-9-13(14,12(15)16)11-6-4-3-5-7-11/h3-7,10H,8-9,14H2,1-2H3,(H,15,16). The number of rotatable bonds is 6. The lowest BCUT2D eigenvalue weighted by Crippen LogP contribution is -2.47. The second-order valence-corrected chi connectivity index (χ2v) is 5.58. The minimum atomic E-state index is -1.29. The van der Waals surface area contributed by atoms with E-state index in [1.165, 1.54) is 0 Å². The summed E-state index contributed by atoms with van der Waals surface area (Å²) in [4.78, 5) is 11.4. The molecular weight excluding hydrogens is 234 g/mol. The molecule has 0 aromatic heterocycles. The SMILES string of the molecule is CC(C)CSCC(N)(C(=O)O)c1ccccc1. The van der Waals surface area contributed by atoms with Crippen molar-refractivity contribution in [3.63, 3.8) is 0 Å². The van der Waals surface area contributed by atoms with Gasteiger partial charge in [-0.2, -0.15) is 11.8 Å². The maximum absolute atomic E-state index is 11.4. The summed E-state index contributed by atoms with van der Waals surface area (Å²) in [5.74, 6) is 0.873. The normalized spacial score (nSPS) is 14.6. The Labute approximate surface area is 106 Å². The van der Waals surface area contributed by atoms with Gasteiger partial charge in [-0.1, -0.05) is 44.2 Å². The van der Waals surface area contributed by atoms with Crippen molar-refractivity contribution in [2.24, 2.45) is 11.7 Å². The predicted octanol–water partition coefficient (Wildman–Crippen LogP) is 2.31. The molecule has 1 atom stereocenters. The number of nitrogens with two attached hydrogens (primary N) is 1. The van der Waals surface area contributed by atoms with Crippen LogP contribution in [-0.2, 0) is 10.3 Å². The topological polar surface area (TPSA) is 63.3 Å². The minimum Gasteiger partial charge on any atom is -0.480 e. The molecule has 94 valence electrons. The number of hydrogen-bond acceptors (Lipinski definition) is 3. The molecule has 0 spiro atoms. The van der Waals surface area contributed by atoms with Crippen LogP contribution < -0.4 is 5.73 Å². The van der Waals surface area contributed by atoms with E-state index in [9.17, 15) is 9.90 Å². The first-order chi connectivity index (χ1) is 7.97. The third-order valence-electron chi connectivity index (χ3n) is 2.45. The molecule has 1 aromatic rings. The van der Waals surface area contributed by atoms with Crippen molar-refractivity contribution in [1.82, 2.24) is 0 Å². The first-order valence-corrected chi connectivity index (χ1v) is 6.78. The summed E-state index contributed by atoms with van der Waals surface area (Å²) < 4.78 is 0.